The van der Waals surface area contributed by atoms with Crippen LogP contribution >= 0.6 is 0 Å². The predicted molar refractivity (Wildman–Crippen MR) is 139 cm³/mol. The van der Waals surface area contributed by atoms with Crippen LogP contribution in [0.3, 0.4) is 0 Å². The summed E-state index contributed by atoms with van der Waals surface area (Å²) in [7, 11) is 0. The zero-order valence-corrected chi connectivity index (χ0v) is 23.1. The number of hydrogen-bond donors (Lipinski definition) is 3. The van der Waals surface area contributed by atoms with Crippen molar-refractivity contribution in [3.05, 3.63) is 23.8 Å². The summed E-state index contributed by atoms with van der Waals surface area (Å²) in [5.74, 6) is -4.20. The van der Waals surface area contributed by atoms with Crippen LogP contribution in [0.15, 0.2) is 23.8 Å². The Morgan fingerprint density at radius 2 is 1.82 bits per heavy atom. The van der Waals surface area contributed by atoms with Crippen LogP contribution in [-0.4, -0.2) is 57.1 Å². The molecule has 4 aliphatic rings. The first kappa shape index (κ1) is 28.7. The Morgan fingerprint density at radius 1 is 1.16 bits per heavy atom. The highest BCUT2D eigenvalue weighted by atomic mass is 16.5. The van der Waals surface area contributed by atoms with E-state index in [-0.39, 0.29) is 55.1 Å². The summed E-state index contributed by atoms with van der Waals surface area (Å²) in [5, 5.41) is 32.9. The lowest BCUT2D eigenvalue weighted by atomic mass is 9.45. The second kappa shape index (κ2) is 10.0. The molecule has 0 heterocycles. The Morgan fingerprint density at radius 3 is 2.42 bits per heavy atom. The number of carbonyl (C=O) groups excluding carboxylic acids is 3. The number of hydrogen-bond acceptors (Lipinski definition) is 7. The van der Waals surface area contributed by atoms with E-state index in [0.29, 0.717) is 6.42 Å². The fourth-order valence-electron chi connectivity index (χ4n) is 8.82. The number of Topliss-reactive ketones (excluding diaryl/α,β-unsaturated/α-hetero) is 1. The van der Waals surface area contributed by atoms with Gasteiger partial charge in [-0.25, -0.2) is 0 Å². The maximum atomic E-state index is 13.5. The monoisotopic (exact) mass is 530 g/mol. The van der Waals surface area contributed by atoms with Crippen LogP contribution in [0.25, 0.3) is 0 Å². The van der Waals surface area contributed by atoms with Crippen LogP contribution < -0.4 is 0 Å². The lowest BCUT2D eigenvalue weighted by molar-refractivity contribution is -0.183. The minimum Gasteiger partial charge on any atom is -0.481 e. The highest BCUT2D eigenvalue weighted by molar-refractivity contribution is 6.01. The van der Waals surface area contributed by atoms with Crippen molar-refractivity contribution in [1.82, 2.24) is 0 Å². The van der Waals surface area contributed by atoms with Crippen LogP contribution in [0.5, 0.6) is 0 Å². The molecule has 10 unspecified atom stereocenters. The topological polar surface area (TPSA) is 138 Å². The van der Waals surface area contributed by atoms with E-state index in [4.69, 9.17) is 4.74 Å². The number of aliphatic carboxylic acids is 1. The number of aliphatic hydroxyl groups excluding tert-OH is 1. The smallest absolute Gasteiger partial charge is 0.310 e. The largest absolute Gasteiger partial charge is 0.481 e. The Labute approximate surface area is 224 Å². The molecule has 8 nitrogen and oxygen atoms in total. The maximum Gasteiger partial charge on any atom is 0.310 e. The molecular formula is C30H42O8. The number of ketones is 2. The van der Waals surface area contributed by atoms with Crippen molar-refractivity contribution in [2.75, 3.05) is 6.61 Å². The maximum absolute atomic E-state index is 13.5. The fraction of sp³-hybridized carbons (Fsp3) is 0.733. The number of carboxylic acids is 1. The molecule has 0 aromatic rings. The number of allylic oxidation sites excluding steroid dienone is 4. The van der Waals surface area contributed by atoms with Gasteiger partial charge in [-0.3, -0.25) is 19.2 Å². The molecule has 3 N–H and O–H groups in total. The van der Waals surface area contributed by atoms with Gasteiger partial charge in [0.25, 0.3) is 0 Å². The number of carboxylic acid groups (broad SMARTS) is 1. The van der Waals surface area contributed by atoms with Gasteiger partial charge in [-0.15, -0.1) is 0 Å². The van der Waals surface area contributed by atoms with Crippen LogP contribution in [-0.2, 0) is 23.9 Å². The van der Waals surface area contributed by atoms with Crippen LogP contribution in [0.4, 0.5) is 0 Å². The summed E-state index contributed by atoms with van der Waals surface area (Å²) in [6.07, 6.45) is 6.78. The van der Waals surface area contributed by atoms with Crippen molar-refractivity contribution in [3.63, 3.8) is 0 Å². The molecule has 10 atom stereocenters. The average Bonchev–Trinajstić information content (AvgIpc) is 3.12. The van der Waals surface area contributed by atoms with Crippen molar-refractivity contribution in [2.24, 2.45) is 46.3 Å². The normalized spacial score (nSPS) is 41.3. The highest BCUT2D eigenvalue weighted by Crippen LogP contribution is 2.67. The summed E-state index contributed by atoms with van der Waals surface area (Å²) in [6.45, 7) is 8.82. The standard InChI is InChI=1S/C30H42O8/c1-6-18(26(34)35)19(7-2)27(36)38-15-24(33)30(37)11-9-21-20-12-16(3)22-13-17(31)8-10-28(22,4)25(20)23(32)14-29(21,30)5/h8,10,13,16,18-21,23,25,32,37H,6-7,9,11-12,14-15H2,1-5H3,(H,34,35). The van der Waals surface area contributed by atoms with Gasteiger partial charge < -0.3 is 20.1 Å². The van der Waals surface area contributed by atoms with E-state index in [0.717, 1.165) is 12.0 Å². The third-order valence-corrected chi connectivity index (χ3v) is 10.8. The third-order valence-electron chi connectivity index (χ3n) is 10.8. The lowest BCUT2D eigenvalue weighted by Gasteiger charge is -2.60. The molecule has 4 rings (SSSR count). The second-order valence-corrected chi connectivity index (χ2v) is 12.5. The first-order valence-corrected chi connectivity index (χ1v) is 14.0. The molecule has 0 radical (unpaired) electrons. The summed E-state index contributed by atoms with van der Waals surface area (Å²) >= 11 is 0. The van der Waals surface area contributed by atoms with E-state index in [1.165, 1.54) is 0 Å². The zero-order chi connectivity index (χ0) is 28.2. The number of fused-ring (bicyclic) bond motifs is 5. The van der Waals surface area contributed by atoms with Gasteiger partial charge in [-0.2, -0.15) is 0 Å². The molecule has 0 aliphatic heterocycles. The van der Waals surface area contributed by atoms with Gasteiger partial charge in [0, 0.05) is 16.7 Å². The quantitative estimate of drug-likeness (QED) is 0.406. The molecule has 0 aromatic carbocycles. The molecule has 3 saturated carbocycles. The Hall–Kier alpha value is -2.32. The van der Waals surface area contributed by atoms with Gasteiger partial charge in [-0.05, 0) is 68.4 Å². The molecule has 210 valence electrons. The Bertz CT molecular complexity index is 1080. The molecule has 0 aromatic heterocycles. The first-order chi connectivity index (χ1) is 17.7. The number of aliphatic hydroxyl groups is 2. The second-order valence-electron chi connectivity index (χ2n) is 12.5. The van der Waals surface area contributed by atoms with Crippen molar-refractivity contribution >= 4 is 23.5 Å². The Kier molecular flexibility index (Phi) is 7.56. The predicted octanol–water partition coefficient (Wildman–Crippen LogP) is 3.49. The summed E-state index contributed by atoms with van der Waals surface area (Å²) in [5.41, 5.74) is -2.09. The van der Waals surface area contributed by atoms with E-state index >= 15 is 0 Å². The lowest BCUT2D eigenvalue weighted by Crippen LogP contribution is -2.62. The molecule has 0 saturated heterocycles. The summed E-state index contributed by atoms with van der Waals surface area (Å²) in [6, 6.07) is 0. The fourth-order valence-corrected chi connectivity index (χ4v) is 8.82. The van der Waals surface area contributed by atoms with Crippen molar-refractivity contribution in [3.8, 4) is 0 Å². The summed E-state index contributed by atoms with van der Waals surface area (Å²) < 4.78 is 5.32. The van der Waals surface area contributed by atoms with Crippen molar-refractivity contribution in [1.29, 1.82) is 0 Å². The SMILES string of the molecule is CCC(C(=O)O)C(CC)C(=O)OCC(=O)C1(O)CCC2C3CC(C)C4=CC(=O)C=CC4(C)C3C(O)CC21C. The minimum absolute atomic E-state index is 0.0210. The zero-order valence-electron chi connectivity index (χ0n) is 23.1. The van der Waals surface area contributed by atoms with E-state index in [2.05, 4.69) is 13.8 Å². The minimum atomic E-state index is -1.76. The van der Waals surface area contributed by atoms with Crippen molar-refractivity contribution in [2.45, 2.75) is 84.8 Å². The number of rotatable bonds is 8. The molecule has 0 bridgehead atoms. The van der Waals surface area contributed by atoms with E-state index < -0.39 is 58.7 Å². The van der Waals surface area contributed by atoms with Gasteiger partial charge in [-0.1, -0.05) is 46.3 Å². The van der Waals surface area contributed by atoms with Crippen LogP contribution in [0.1, 0.15) is 73.1 Å². The third kappa shape index (κ3) is 4.19. The van der Waals surface area contributed by atoms with Crippen LogP contribution in [0, 0.1) is 46.3 Å². The van der Waals surface area contributed by atoms with E-state index in [1.54, 1.807) is 26.0 Å². The van der Waals surface area contributed by atoms with Gasteiger partial charge in [0.05, 0.1) is 17.9 Å². The van der Waals surface area contributed by atoms with E-state index in [1.807, 2.05) is 13.0 Å². The van der Waals surface area contributed by atoms with Gasteiger partial charge in [0.2, 0.25) is 5.78 Å². The van der Waals surface area contributed by atoms with Gasteiger partial charge in [0.15, 0.2) is 12.4 Å². The highest BCUT2D eigenvalue weighted by Gasteiger charge is 2.68. The van der Waals surface area contributed by atoms with E-state index in [9.17, 15) is 34.5 Å². The number of esters is 1. The van der Waals surface area contributed by atoms with Gasteiger partial charge >= 0.3 is 11.9 Å². The molecular weight excluding hydrogens is 488 g/mol. The molecule has 0 amide bonds. The molecule has 8 heteroatoms. The first-order valence-electron chi connectivity index (χ1n) is 14.0. The number of ether oxygens (including phenoxy) is 1. The number of carbonyl (C=O) groups is 4. The molecule has 4 aliphatic carbocycles. The molecule has 3 fully saturated rings. The van der Waals surface area contributed by atoms with Crippen LogP contribution in [0.2, 0.25) is 0 Å². The summed E-state index contributed by atoms with van der Waals surface area (Å²) in [4.78, 5) is 49.9. The Balaban J connectivity index is 1.55. The average molecular weight is 531 g/mol. The van der Waals surface area contributed by atoms with Crippen molar-refractivity contribution < 1.29 is 39.2 Å². The molecule has 0 spiro atoms. The van der Waals surface area contributed by atoms with Gasteiger partial charge in [0.1, 0.15) is 5.60 Å². The molecule has 38 heavy (non-hydrogen) atoms.